The van der Waals surface area contributed by atoms with Crippen LogP contribution in [0.5, 0.6) is 0 Å². The highest BCUT2D eigenvalue weighted by molar-refractivity contribution is 7.15. The van der Waals surface area contributed by atoms with E-state index in [0.29, 0.717) is 0 Å². The minimum atomic E-state index is -0.373. The second kappa shape index (κ2) is 5.42. The van der Waals surface area contributed by atoms with Crippen LogP contribution in [-0.4, -0.2) is 16.2 Å². The second-order valence-electron chi connectivity index (χ2n) is 8.45. The van der Waals surface area contributed by atoms with Gasteiger partial charge in [0.05, 0.1) is 5.60 Å². The predicted octanol–water partition coefficient (Wildman–Crippen LogP) is 4.59. The minimum Gasteiger partial charge on any atom is -0.390 e. The van der Waals surface area contributed by atoms with Crippen molar-refractivity contribution in [3.63, 3.8) is 0 Å². The number of hydrogen-bond acceptors (Lipinski definition) is 3. The number of thiophene rings is 1. The maximum atomic E-state index is 10.9. The number of hydrogen-bond donors (Lipinski definition) is 2. The zero-order valence-electron chi connectivity index (χ0n) is 14.0. The van der Waals surface area contributed by atoms with Crippen LogP contribution in [0.25, 0.3) is 10.4 Å². The van der Waals surface area contributed by atoms with Gasteiger partial charge in [-0.2, -0.15) is 0 Å². The molecule has 0 amide bonds. The van der Waals surface area contributed by atoms with E-state index >= 15 is 0 Å². The molecule has 4 fully saturated rings. The van der Waals surface area contributed by atoms with E-state index < -0.39 is 0 Å². The molecule has 0 aliphatic heterocycles. The molecule has 4 saturated carbocycles. The fourth-order valence-corrected chi connectivity index (χ4v) is 6.88. The minimum absolute atomic E-state index is 0.190. The molecular formula is C21H25NOS. The van der Waals surface area contributed by atoms with Gasteiger partial charge in [-0.1, -0.05) is 30.3 Å². The van der Waals surface area contributed by atoms with E-state index in [2.05, 4.69) is 47.8 Å². The first-order chi connectivity index (χ1) is 11.6. The zero-order valence-corrected chi connectivity index (χ0v) is 14.8. The molecule has 2 atom stereocenters. The molecule has 2 unspecified atom stereocenters. The van der Waals surface area contributed by atoms with Gasteiger partial charge in [-0.15, -0.1) is 11.3 Å². The van der Waals surface area contributed by atoms with Crippen molar-refractivity contribution < 1.29 is 5.11 Å². The standard InChI is InChI=1S/C21H25NOS/c23-21-11-15-8-16(12-21)10-20(9-15,14-21)22-13-18-6-7-19(24-18)17-4-2-1-3-5-17/h1-7,15-16,22-23H,8-14H2. The van der Waals surface area contributed by atoms with Crippen LogP contribution in [0.15, 0.2) is 42.5 Å². The van der Waals surface area contributed by atoms with Crippen LogP contribution >= 0.6 is 11.3 Å². The van der Waals surface area contributed by atoms with E-state index in [-0.39, 0.29) is 11.1 Å². The van der Waals surface area contributed by atoms with E-state index in [1.807, 2.05) is 11.3 Å². The average molecular weight is 340 g/mol. The molecule has 24 heavy (non-hydrogen) atoms. The Morgan fingerprint density at radius 3 is 2.46 bits per heavy atom. The summed E-state index contributed by atoms with van der Waals surface area (Å²) >= 11 is 1.89. The van der Waals surface area contributed by atoms with Crippen LogP contribution in [0.4, 0.5) is 0 Å². The first-order valence-electron chi connectivity index (χ1n) is 9.23. The van der Waals surface area contributed by atoms with E-state index in [1.54, 1.807) is 0 Å². The van der Waals surface area contributed by atoms with Crippen molar-refractivity contribution in [1.82, 2.24) is 5.32 Å². The fourth-order valence-electron chi connectivity index (χ4n) is 5.93. The van der Waals surface area contributed by atoms with Crippen molar-refractivity contribution in [3.8, 4) is 10.4 Å². The highest BCUT2D eigenvalue weighted by atomic mass is 32.1. The number of aliphatic hydroxyl groups is 1. The van der Waals surface area contributed by atoms with Gasteiger partial charge in [0.2, 0.25) is 0 Å². The maximum absolute atomic E-state index is 10.9. The normalized spacial score (nSPS) is 37.0. The lowest BCUT2D eigenvalue weighted by atomic mass is 9.51. The van der Waals surface area contributed by atoms with Crippen molar-refractivity contribution in [3.05, 3.63) is 47.3 Å². The first kappa shape index (κ1) is 15.1. The second-order valence-corrected chi connectivity index (χ2v) is 9.62. The largest absolute Gasteiger partial charge is 0.390 e. The van der Waals surface area contributed by atoms with Crippen molar-refractivity contribution in [2.45, 2.75) is 56.2 Å². The lowest BCUT2D eigenvalue weighted by Gasteiger charge is -2.60. The third kappa shape index (κ3) is 2.63. The SMILES string of the molecule is OC12CC3CC(C1)CC(NCc1ccc(-c4ccccc4)s1)(C3)C2. The molecular weight excluding hydrogens is 314 g/mol. The summed E-state index contributed by atoms with van der Waals surface area (Å²) in [6, 6.07) is 15.1. The quantitative estimate of drug-likeness (QED) is 0.854. The summed E-state index contributed by atoms with van der Waals surface area (Å²) in [5.41, 5.74) is 1.12. The molecule has 1 aromatic carbocycles. The van der Waals surface area contributed by atoms with Gasteiger partial charge in [0, 0.05) is 21.8 Å². The van der Waals surface area contributed by atoms with Crippen molar-refractivity contribution in [2.24, 2.45) is 11.8 Å². The Kier molecular flexibility index (Phi) is 3.41. The van der Waals surface area contributed by atoms with E-state index in [1.165, 1.54) is 34.6 Å². The third-order valence-electron chi connectivity index (χ3n) is 6.39. The Morgan fingerprint density at radius 1 is 1.00 bits per heavy atom. The van der Waals surface area contributed by atoms with Crippen LogP contribution in [0.3, 0.4) is 0 Å². The zero-order chi connectivity index (χ0) is 16.2. The summed E-state index contributed by atoms with van der Waals surface area (Å²) in [6.45, 7) is 0.938. The summed E-state index contributed by atoms with van der Waals surface area (Å²) in [5.74, 6) is 1.49. The number of benzene rings is 1. The molecule has 0 radical (unpaired) electrons. The Morgan fingerprint density at radius 2 is 1.75 bits per heavy atom. The van der Waals surface area contributed by atoms with Gasteiger partial charge < -0.3 is 10.4 Å². The van der Waals surface area contributed by atoms with Gasteiger partial charge in [0.15, 0.2) is 0 Å². The molecule has 2 N–H and O–H groups in total. The predicted molar refractivity (Wildman–Crippen MR) is 99.0 cm³/mol. The topological polar surface area (TPSA) is 32.3 Å². The summed E-state index contributed by atoms with van der Waals surface area (Å²) in [6.07, 6.45) is 6.94. The molecule has 4 bridgehead atoms. The van der Waals surface area contributed by atoms with Gasteiger partial charge in [0.1, 0.15) is 0 Å². The van der Waals surface area contributed by atoms with Gasteiger partial charge >= 0.3 is 0 Å². The molecule has 1 aromatic heterocycles. The highest BCUT2D eigenvalue weighted by Crippen LogP contribution is 2.57. The Hall–Kier alpha value is -1.16. The molecule has 2 nitrogen and oxygen atoms in total. The summed E-state index contributed by atoms with van der Waals surface area (Å²) in [4.78, 5) is 2.74. The molecule has 0 spiro atoms. The van der Waals surface area contributed by atoms with E-state index in [9.17, 15) is 5.11 Å². The van der Waals surface area contributed by atoms with Crippen LogP contribution in [0.2, 0.25) is 0 Å². The fraction of sp³-hybridized carbons (Fsp3) is 0.524. The summed E-state index contributed by atoms with van der Waals surface area (Å²) < 4.78 is 0. The molecule has 3 heteroatoms. The van der Waals surface area contributed by atoms with E-state index in [0.717, 1.165) is 37.6 Å². The average Bonchev–Trinajstić information content (AvgIpc) is 3.01. The van der Waals surface area contributed by atoms with E-state index in [4.69, 9.17) is 0 Å². The Labute approximate surface area is 147 Å². The lowest BCUT2D eigenvalue weighted by Crippen LogP contribution is -2.64. The number of rotatable bonds is 4. The van der Waals surface area contributed by atoms with Crippen LogP contribution < -0.4 is 5.32 Å². The van der Waals surface area contributed by atoms with Gasteiger partial charge in [-0.3, -0.25) is 0 Å². The summed E-state index contributed by atoms with van der Waals surface area (Å²) in [5, 5.41) is 14.8. The molecule has 4 aliphatic rings. The molecule has 126 valence electrons. The van der Waals surface area contributed by atoms with Crippen molar-refractivity contribution >= 4 is 11.3 Å². The first-order valence-corrected chi connectivity index (χ1v) is 10.0. The van der Waals surface area contributed by atoms with Crippen LogP contribution in [-0.2, 0) is 6.54 Å². The molecule has 4 aliphatic carbocycles. The monoisotopic (exact) mass is 339 g/mol. The highest BCUT2D eigenvalue weighted by Gasteiger charge is 2.56. The summed E-state index contributed by atoms with van der Waals surface area (Å²) in [7, 11) is 0. The number of nitrogens with one attached hydrogen (secondary N) is 1. The smallest absolute Gasteiger partial charge is 0.0670 e. The van der Waals surface area contributed by atoms with Gasteiger partial charge in [0.25, 0.3) is 0 Å². The molecule has 6 rings (SSSR count). The Balaban J connectivity index is 1.31. The molecule has 2 aromatic rings. The van der Waals surface area contributed by atoms with Crippen molar-refractivity contribution in [2.75, 3.05) is 0 Å². The maximum Gasteiger partial charge on any atom is 0.0670 e. The molecule has 1 heterocycles. The van der Waals surface area contributed by atoms with Crippen molar-refractivity contribution in [1.29, 1.82) is 0 Å². The van der Waals surface area contributed by atoms with Crippen LogP contribution in [0, 0.1) is 11.8 Å². The molecule has 0 saturated heterocycles. The van der Waals surface area contributed by atoms with Gasteiger partial charge in [-0.25, -0.2) is 0 Å². The van der Waals surface area contributed by atoms with Gasteiger partial charge in [-0.05, 0) is 68.1 Å². The lowest BCUT2D eigenvalue weighted by molar-refractivity contribution is -0.142. The Bertz CT molecular complexity index is 723. The van der Waals surface area contributed by atoms with Crippen LogP contribution in [0.1, 0.15) is 43.4 Å². The third-order valence-corrected chi connectivity index (χ3v) is 7.52.